The van der Waals surface area contributed by atoms with Crippen LogP contribution in [0.2, 0.25) is 0 Å². The molecule has 0 aliphatic heterocycles. The molecule has 0 saturated heterocycles. The molecule has 3 nitrogen and oxygen atoms in total. The number of carboxylic acid groups (broad SMARTS) is 1. The summed E-state index contributed by atoms with van der Waals surface area (Å²) < 4.78 is 15.1. The second kappa shape index (κ2) is 6.85. The Kier molecular flexibility index (Phi) is 3.94. The van der Waals surface area contributed by atoms with Crippen molar-refractivity contribution in [3.8, 4) is 16.9 Å². The Bertz CT molecular complexity index is 1210. The zero-order chi connectivity index (χ0) is 22.0. The molecule has 0 aromatic heterocycles. The number of ether oxygens (including phenoxy) is 1. The molecule has 0 heterocycles. The zero-order valence-corrected chi connectivity index (χ0v) is 17.9. The van der Waals surface area contributed by atoms with Crippen molar-refractivity contribution in [2.75, 3.05) is 7.11 Å². The van der Waals surface area contributed by atoms with E-state index >= 15 is 0 Å². The minimum absolute atomic E-state index is 0.0838. The van der Waals surface area contributed by atoms with E-state index in [1.165, 1.54) is 38.5 Å². The summed E-state index contributed by atoms with van der Waals surface area (Å²) in [6.45, 7) is 0. The molecule has 0 amide bonds. The lowest BCUT2D eigenvalue weighted by Crippen LogP contribution is -2.48. The van der Waals surface area contributed by atoms with Gasteiger partial charge in [0.25, 0.3) is 0 Å². The number of rotatable bonds is 4. The van der Waals surface area contributed by atoms with E-state index < -0.39 is 5.97 Å². The zero-order valence-electron chi connectivity index (χ0n) is 18.9. The van der Waals surface area contributed by atoms with Crippen LogP contribution in [0.15, 0.2) is 54.6 Å². The molecule has 158 valence electrons. The Labute approximate surface area is 184 Å². The molecule has 3 aromatic rings. The number of hydrogen-bond donors (Lipinski definition) is 1. The lowest BCUT2D eigenvalue weighted by molar-refractivity contribution is -0.00613. The molecule has 4 aliphatic rings. The third kappa shape index (κ3) is 3.05. The quantitative estimate of drug-likeness (QED) is 0.519. The van der Waals surface area contributed by atoms with Gasteiger partial charge in [-0.3, -0.25) is 0 Å². The molecule has 0 radical (unpaired) electrons. The smallest absolute Gasteiger partial charge is 0.335 e. The van der Waals surface area contributed by atoms with E-state index in [0.29, 0.717) is 11.6 Å². The van der Waals surface area contributed by atoms with Gasteiger partial charge in [0.05, 0.1) is 14.0 Å². The highest BCUT2D eigenvalue weighted by Crippen LogP contribution is 2.62. The van der Waals surface area contributed by atoms with Gasteiger partial charge in [0.2, 0.25) is 0 Å². The van der Waals surface area contributed by atoms with Gasteiger partial charge in [-0.15, -0.1) is 0 Å². The standard InChI is InChI=1S/C28H28O3/c1-31-26-7-6-23(21-2-3-22-12-24(27(29)30)5-4-20(22)11-21)13-25(26)28-14-17-8-18(15-28)10-19(9-17)16-28/h2-7,11-13,17-19H,8-10,14-16H2,1H3,(H,29,30)/i13D. The van der Waals surface area contributed by atoms with Gasteiger partial charge in [0.15, 0.2) is 0 Å². The Hall–Kier alpha value is -2.81. The van der Waals surface area contributed by atoms with E-state index in [1.54, 1.807) is 19.2 Å². The van der Waals surface area contributed by atoms with Gasteiger partial charge < -0.3 is 9.84 Å². The Balaban J connectivity index is 1.47. The predicted octanol–water partition coefficient (Wildman–Crippen LogP) is 6.68. The van der Waals surface area contributed by atoms with Gasteiger partial charge in [-0.2, -0.15) is 0 Å². The Morgan fingerprint density at radius 3 is 2.19 bits per heavy atom. The fourth-order valence-corrected chi connectivity index (χ4v) is 7.18. The summed E-state index contributed by atoms with van der Waals surface area (Å²) in [5.74, 6) is 2.36. The maximum Gasteiger partial charge on any atom is 0.335 e. The van der Waals surface area contributed by atoms with E-state index in [9.17, 15) is 11.3 Å². The molecular formula is C28H28O3. The summed E-state index contributed by atoms with van der Waals surface area (Å²) in [6, 6.07) is 15.9. The van der Waals surface area contributed by atoms with Crippen molar-refractivity contribution in [3.63, 3.8) is 0 Å². The lowest BCUT2D eigenvalue weighted by atomic mass is 9.48. The molecule has 0 unspecified atom stereocenters. The normalized spacial score (nSPS) is 29.2. The van der Waals surface area contributed by atoms with Gasteiger partial charge in [-0.1, -0.05) is 24.3 Å². The molecule has 0 spiro atoms. The average molecular weight is 414 g/mol. The maximum absolute atomic E-state index is 11.3. The van der Waals surface area contributed by atoms with Crippen LogP contribution < -0.4 is 4.74 Å². The third-order valence-corrected chi connectivity index (χ3v) is 8.09. The molecule has 31 heavy (non-hydrogen) atoms. The monoisotopic (exact) mass is 413 g/mol. The first-order valence-electron chi connectivity index (χ1n) is 11.9. The summed E-state index contributed by atoms with van der Waals surface area (Å²) in [6.07, 6.45) is 7.70. The van der Waals surface area contributed by atoms with Crippen molar-refractivity contribution in [1.82, 2.24) is 0 Å². The van der Waals surface area contributed by atoms with Crippen LogP contribution in [-0.2, 0) is 5.41 Å². The van der Waals surface area contributed by atoms with Crippen molar-refractivity contribution < 1.29 is 16.0 Å². The molecule has 0 atom stereocenters. The van der Waals surface area contributed by atoms with Crippen LogP contribution >= 0.6 is 0 Å². The summed E-state index contributed by atoms with van der Waals surface area (Å²) in [4.78, 5) is 11.3. The van der Waals surface area contributed by atoms with Crippen LogP contribution in [0.25, 0.3) is 21.9 Å². The van der Waals surface area contributed by atoms with Gasteiger partial charge >= 0.3 is 5.97 Å². The first kappa shape index (κ1) is 17.8. The number of hydrogen-bond acceptors (Lipinski definition) is 2. The highest BCUT2D eigenvalue weighted by Gasteiger charge is 2.52. The topological polar surface area (TPSA) is 46.5 Å². The van der Waals surface area contributed by atoms with Crippen LogP contribution in [0.5, 0.6) is 5.75 Å². The number of carboxylic acids is 1. The third-order valence-electron chi connectivity index (χ3n) is 8.09. The Morgan fingerprint density at radius 2 is 1.55 bits per heavy atom. The van der Waals surface area contributed by atoms with Gasteiger partial charge in [0.1, 0.15) is 5.75 Å². The minimum atomic E-state index is -0.917. The van der Waals surface area contributed by atoms with Crippen molar-refractivity contribution in [2.45, 2.75) is 43.9 Å². The van der Waals surface area contributed by atoms with E-state index in [2.05, 4.69) is 12.1 Å². The Morgan fingerprint density at radius 1 is 0.935 bits per heavy atom. The number of aromatic carboxylic acids is 1. The highest BCUT2D eigenvalue weighted by atomic mass is 16.5. The second-order valence-corrected chi connectivity index (χ2v) is 10.1. The van der Waals surface area contributed by atoms with Gasteiger partial charge in [-0.05, 0) is 114 Å². The van der Waals surface area contributed by atoms with Crippen LogP contribution in [0.1, 0.15) is 55.8 Å². The van der Waals surface area contributed by atoms with Crippen molar-refractivity contribution in [3.05, 3.63) is 65.7 Å². The van der Waals surface area contributed by atoms with Crippen molar-refractivity contribution in [2.24, 2.45) is 17.8 Å². The highest BCUT2D eigenvalue weighted by molar-refractivity contribution is 5.95. The first-order valence-corrected chi connectivity index (χ1v) is 11.4. The van der Waals surface area contributed by atoms with E-state index in [4.69, 9.17) is 4.74 Å². The number of fused-ring (bicyclic) bond motifs is 1. The summed E-state index contributed by atoms with van der Waals surface area (Å²) in [5, 5.41) is 11.2. The first-order chi connectivity index (χ1) is 15.5. The van der Waals surface area contributed by atoms with Crippen LogP contribution in [0.4, 0.5) is 0 Å². The SMILES string of the molecule is [2H]c1c(-c2ccc3cc(C(=O)O)ccc3c2)ccc(OC)c1C12CC3CC(CC(C3)C1)C2. The average Bonchev–Trinajstić information content (AvgIpc) is 2.77. The summed E-state index contributed by atoms with van der Waals surface area (Å²) >= 11 is 0. The van der Waals surface area contributed by atoms with Crippen LogP contribution in [-0.4, -0.2) is 18.2 Å². The predicted molar refractivity (Wildman–Crippen MR) is 123 cm³/mol. The van der Waals surface area contributed by atoms with Crippen molar-refractivity contribution in [1.29, 1.82) is 0 Å². The molecule has 4 aliphatic carbocycles. The van der Waals surface area contributed by atoms with Gasteiger partial charge in [0, 0.05) is 5.56 Å². The second-order valence-electron chi connectivity index (χ2n) is 10.1. The van der Waals surface area contributed by atoms with E-state index in [1.807, 2.05) is 24.3 Å². The van der Waals surface area contributed by atoms with Crippen molar-refractivity contribution >= 4 is 16.7 Å². The van der Waals surface area contributed by atoms with E-state index in [0.717, 1.165) is 51.0 Å². The fraction of sp³-hybridized carbons (Fsp3) is 0.393. The molecule has 7 rings (SSSR count). The lowest BCUT2D eigenvalue weighted by Gasteiger charge is -2.57. The molecule has 4 fully saturated rings. The van der Waals surface area contributed by atoms with Gasteiger partial charge in [-0.25, -0.2) is 4.79 Å². The number of methoxy groups -OCH3 is 1. The molecule has 1 N–H and O–H groups in total. The summed E-state index contributed by atoms with van der Waals surface area (Å²) in [5.41, 5.74) is 3.43. The number of carbonyl (C=O) groups is 1. The maximum atomic E-state index is 11.3. The fourth-order valence-electron chi connectivity index (χ4n) is 7.18. The molecule has 4 saturated carbocycles. The van der Waals surface area contributed by atoms with Crippen LogP contribution in [0.3, 0.4) is 0 Å². The van der Waals surface area contributed by atoms with E-state index in [-0.39, 0.29) is 5.41 Å². The van der Waals surface area contributed by atoms with Crippen LogP contribution in [0, 0.1) is 17.8 Å². The summed E-state index contributed by atoms with van der Waals surface area (Å²) in [7, 11) is 1.73. The number of benzene rings is 3. The molecule has 4 bridgehead atoms. The minimum Gasteiger partial charge on any atom is -0.496 e. The molecule has 3 heteroatoms. The molecule has 3 aromatic carbocycles. The molecular weight excluding hydrogens is 384 g/mol. The largest absolute Gasteiger partial charge is 0.496 e.